The number of aromatic amines is 1. The normalized spacial score (nSPS) is 16.3. The van der Waals surface area contributed by atoms with Crippen molar-refractivity contribution in [3.8, 4) is 0 Å². The van der Waals surface area contributed by atoms with Crippen LogP contribution in [0, 0.1) is 6.92 Å². The molecule has 0 atom stereocenters. The summed E-state index contributed by atoms with van der Waals surface area (Å²) in [6.45, 7) is 6.35. The third-order valence-electron chi connectivity index (χ3n) is 3.12. The lowest BCUT2D eigenvalue weighted by Crippen LogP contribution is -2.42. The minimum atomic E-state index is -0.344. The molecule has 1 aliphatic heterocycles. The van der Waals surface area contributed by atoms with E-state index in [0.717, 1.165) is 38.5 Å². The molecule has 1 fully saturated rings. The molecule has 0 radical (unpaired) electrons. The molecule has 6 heteroatoms. The zero-order chi connectivity index (χ0) is 13.7. The first-order valence-corrected chi connectivity index (χ1v) is 6.45. The fourth-order valence-corrected chi connectivity index (χ4v) is 2.00. The van der Waals surface area contributed by atoms with E-state index in [1.807, 2.05) is 0 Å². The molecule has 0 aromatic carbocycles. The molecule has 0 spiro atoms. The quantitative estimate of drug-likeness (QED) is 0.787. The summed E-state index contributed by atoms with van der Waals surface area (Å²) < 4.78 is 5.25. The van der Waals surface area contributed by atoms with Crippen molar-refractivity contribution in [1.82, 2.24) is 15.2 Å². The molecule has 2 heterocycles. The summed E-state index contributed by atoms with van der Waals surface area (Å²) in [6.07, 6.45) is 0. The van der Waals surface area contributed by atoms with Crippen molar-refractivity contribution in [3.63, 3.8) is 0 Å². The summed E-state index contributed by atoms with van der Waals surface area (Å²) in [4.78, 5) is 28.3. The number of morpholine rings is 1. The molecular weight excluding hydrogens is 246 g/mol. The van der Waals surface area contributed by atoms with Gasteiger partial charge in [0.2, 0.25) is 0 Å². The Balaban J connectivity index is 1.82. The number of hydrogen-bond donors (Lipinski definition) is 2. The first-order valence-electron chi connectivity index (χ1n) is 6.45. The Morgan fingerprint density at radius 2 is 2.16 bits per heavy atom. The van der Waals surface area contributed by atoms with Crippen LogP contribution >= 0.6 is 0 Å². The number of aromatic nitrogens is 1. The molecule has 2 N–H and O–H groups in total. The Kier molecular flexibility index (Phi) is 4.70. The third kappa shape index (κ3) is 3.90. The van der Waals surface area contributed by atoms with Crippen LogP contribution in [-0.4, -0.2) is 55.2 Å². The summed E-state index contributed by atoms with van der Waals surface area (Å²) in [6, 6.07) is 3.27. The van der Waals surface area contributed by atoms with Gasteiger partial charge in [-0.15, -0.1) is 0 Å². The van der Waals surface area contributed by atoms with E-state index in [9.17, 15) is 9.59 Å². The zero-order valence-corrected chi connectivity index (χ0v) is 11.1. The molecule has 0 saturated carbocycles. The second-order valence-electron chi connectivity index (χ2n) is 4.59. The molecule has 6 nitrogen and oxygen atoms in total. The van der Waals surface area contributed by atoms with Gasteiger partial charge in [-0.1, -0.05) is 0 Å². The van der Waals surface area contributed by atoms with Gasteiger partial charge in [-0.3, -0.25) is 14.5 Å². The molecule has 0 aliphatic carbocycles. The van der Waals surface area contributed by atoms with Gasteiger partial charge in [0.25, 0.3) is 11.5 Å². The van der Waals surface area contributed by atoms with E-state index in [0.29, 0.717) is 6.54 Å². The molecule has 0 bridgehead atoms. The third-order valence-corrected chi connectivity index (χ3v) is 3.12. The highest BCUT2D eigenvalue weighted by Crippen LogP contribution is 1.96. The molecule has 1 aliphatic rings. The lowest BCUT2D eigenvalue weighted by molar-refractivity contribution is 0.0383. The van der Waals surface area contributed by atoms with Gasteiger partial charge in [-0.2, -0.15) is 0 Å². The van der Waals surface area contributed by atoms with Gasteiger partial charge in [-0.25, -0.2) is 0 Å². The SMILES string of the molecule is Cc1ccc(C(=O)NCCN2CCOCC2)c(=O)[nH]1. The summed E-state index contributed by atoms with van der Waals surface area (Å²) >= 11 is 0. The number of pyridine rings is 1. The molecule has 2 rings (SSSR count). The Labute approximate surface area is 111 Å². The Hall–Kier alpha value is -1.66. The maximum absolute atomic E-state index is 11.8. The van der Waals surface area contributed by atoms with E-state index in [4.69, 9.17) is 4.74 Å². The molecule has 0 unspecified atom stereocenters. The minimum absolute atomic E-state index is 0.160. The molecule has 1 saturated heterocycles. The number of nitrogens with one attached hydrogen (secondary N) is 2. The highest BCUT2D eigenvalue weighted by atomic mass is 16.5. The second-order valence-corrected chi connectivity index (χ2v) is 4.59. The van der Waals surface area contributed by atoms with E-state index in [1.54, 1.807) is 19.1 Å². The van der Waals surface area contributed by atoms with E-state index >= 15 is 0 Å². The van der Waals surface area contributed by atoms with Crippen molar-refractivity contribution in [2.24, 2.45) is 0 Å². The highest BCUT2D eigenvalue weighted by molar-refractivity contribution is 5.93. The number of carbonyl (C=O) groups excluding carboxylic acids is 1. The number of amides is 1. The van der Waals surface area contributed by atoms with Gasteiger partial charge < -0.3 is 15.0 Å². The van der Waals surface area contributed by atoms with Crippen LogP contribution in [0.3, 0.4) is 0 Å². The standard InChI is InChI=1S/C13H19N3O3/c1-10-2-3-11(13(18)15-10)12(17)14-4-5-16-6-8-19-9-7-16/h2-3H,4-9H2,1H3,(H,14,17)(H,15,18). The first kappa shape index (κ1) is 13.8. The molecular formula is C13H19N3O3. The van der Waals surface area contributed by atoms with Gasteiger partial charge in [-0.05, 0) is 19.1 Å². The smallest absolute Gasteiger partial charge is 0.260 e. The van der Waals surface area contributed by atoms with Crippen LogP contribution in [0.2, 0.25) is 0 Å². The Bertz CT molecular complexity index is 492. The first-order chi connectivity index (χ1) is 9.16. The van der Waals surface area contributed by atoms with E-state index in [-0.39, 0.29) is 17.0 Å². The van der Waals surface area contributed by atoms with Crippen molar-refractivity contribution < 1.29 is 9.53 Å². The van der Waals surface area contributed by atoms with Crippen molar-refractivity contribution in [1.29, 1.82) is 0 Å². The monoisotopic (exact) mass is 265 g/mol. The lowest BCUT2D eigenvalue weighted by atomic mass is 10.2. The van der Waals surface area contributed by atoms with Crippen molar-refractivity contribution in [2.45, 2.75) is 6.92 Å². The highest BCUT2D eigenvalue weighted by Gasteiger charge is 2.12. The number of aryl methyl sites for hydroxylation is 1. The van der Waals surface area contributed by atoms with Gasteiger partial charge in [0.1, 0.15) is 5.56 Å². The lowest BCUT2D eigenvalue weighted by Gasteiger charge is -2.26. The van der Waals surface area contributed by atoms with Gasteiger partial charge in [0.05, 0.1) is 13.2 Å². The van der Waals surface area contributed by atoms with E-state index in [1.165, 1.54) is 0 Å². The van der Waals surface area contributed by atoms with Crippen LogP contribution in [0.25, 0.3) is 0 Å². The Morgan fingerprint density at radius 1 is 1.42 bits per heavy atom. The van der Waals surface area contributed by atoms with Crippen LogP contribution in [0.5, 0.6) is 0 Å². The Morgan fingerprint density at radius 3 is 2.84 bits per heavy atom. The van der Waals surface area contributed by atoms with Crippen LogP contribution in [0.15, 0.2) is 16.9 Å². The summed E-state index contributed by atoms with van der Waals surface area (Å²) in [5.74, 6) is -0.325. The van der Waals surface area contributed by atoms with Crippen LogP contribution in [0.4, 0.5) is 0 Å². The maximum Gasteiger partial charge on any atom is 0.260 e. The maximum atomic E-state index is 11.8. The molecule has 1 aromatic rings. The summed E-state index contributed by atoms with van der Waals surface area (Å²) in [5.41, 5.74) is 0.561. The van der Waals surface area contributed by atoms with Crippen molar-refractivity contribution in [3.05, 3.63) is 33.7 Å². The average Bonchev–Trinajstić information content (AvgIpc) is 2.39. The average molecular weight is 265 g/mol. The zero-order valence-electron chi connectivity index (χ0n) is 11.1. The van der Waals surface area contributed by atoms with Crippen LogP contribution in [-0.2, 0) is 4.74 Å². The van der Waals surface area contributed by atoms with Crippen molar-refractivity contribution in [2.75, 3.05) is 39.4 Å². The second kappa shape index (κ2) is 6.49. The molecule has 1 aromatic heterocycles. The predicted octanol–water partition coefficient (Wildman–Crippen LogP) is -0.255. The predicted molar refractivity (Wildman–Crippen MR) is 71.4 cm³/mol. The minimum Gasteiger partial charge on any atom is -0.379 e. The van der Waals surface area contributed by atoms with E-state index in [2.05, 4.69) is 15.2 Å². The fraction of sp³-hybridized carbons (Fsp3) is 0.538. The van der Waals surface area contributed by atoms with E-state index < -0.39 is 0 Å². The number of nitrogens with zero attached hydrogens (tertiary/aromatic N) is 1. The number of hydrogen-bond acceptors (Lipinski definition) is 4. The summed E-state index contributed by atoms with van der Waals surface area (Å²) in [5, 5.41) is 2.77. The number of carbonyl (C=O) groups is 1. The largest absolute Gasteiger partial charge is 0.379 e. The van der Waals surface area contributed by atoms with Crippen molar-refractivity contribution >= 4 is 5.91 Å². The topological polar surface area (TPSA) is 74.4 Å². The number of rotatable bonds is 4. The summed E-state index contributed by atoms with van der Waals surface area (Å²) in [7, 11) is 0. The van der Waals surface area contributed by atoms with Gasteiger partial charge in [0.15, 0.2) is 0 Å². The van der Waals surface area contributed by atoms with Crippen LogP contribution < -0.4 is 10.9 Å². The molecule has 19 heavy (non-hydrogen) atoms. The van der Waals surface area contributed by atoms with Gasteiger partial charge >= 0.3 is 0 Å². The van der Waals surface area contributed by atoms with Crippen LogP contribution in [0.1, 0.15) is 16.1 Å². The molecule has 1 amide bonds. The number of ether oxygens (including phenoxy) is 1. The molecule has 104 valence electrons. The van der Waals surface area contributed by atoms with Gasteiger partial charge in [0, 0.05) is 31.9 Å². The number of H-pyrrole nitrogens is 1. The fourth-order valence-electron chi connectivity index (χ4n) is 2.00.